The fraction of sp³-hybridized carbons (Fsp3) is 0. The molecule has 0 aliphatic carbocycles. The minimum atomic E-state index is -0.468. The lowest BCUT2D eigenvalue weighted by Gasteiger charge is -2.10. The Labute approximate surface area is 126 Å². The first-order valence-electron chi connectivity index (χ1n) is 6.33. The third kappa shape index (κ3) is 2.53. The van der Waals surface area contributed by atoms with Gasteiger partial charge in [0.2, 0.25) is 0 Å². The van der Waals surface area contributed by atoms with Crippen LogP contribution in [0.3, 0.4) is 0 Å². The molecule has 2 aromatic carbocycles. The maximum absolute atomic E-state index is 12.4. The zero-order valence-corrected chi connectivity index (χ0v) is 11.7. The summed E-state index contributed by atoms with van der Waals surface area (Å²) in [5.74, 6) is -0.397. The molecule has 0 spiro atoms. The topological polar surface area (TPSA) is 49.4 Å². The molecule has 0 bridgehead atoms. The van der Waals surface area contributed by atoms with E-state index in [9.17, 15) is 9.59 Å². The third-order valence-corrected chi connectivity index (χ3v) is 3.44. The molecule has 1 aliphatic heterocycles. The van der Waals surface area contributed by atoms with Crippen molar-refractivity contribution in [3.8, 4) is 0 Å². The van der Waals surface area contributed by atoms with Crippen LogP contribution in [0.5, 0.6) is 0 Å². The lowest BCUT2D eigenvalue weighted by Crippen LogP contribution is -2.30. The van der Waals surface area contributed by atoms with Crippen LogP contribution in [0.4, 0.5) is 10.5 Å². The van der Waals surface area contributed by atoms with Crippen molar-refractivity contribution in [2.45, 2.75) is 0 Å². The highest BCUT2D eigenvalue weighted by Crippen LogP contribution is 2.23. The average Bonchev–Trinajstić information content (AvgIpc) is 2.77. The highest BCUT2D eigenvalue weighted by Gasteiger charge is 2.34. The van der Waals surface area contributed by atoms with Crippen LogP contribution in [-0.4, -0.2) is 11.9 Å². The summed E-state index contributed by atoms with van der Waals surface area (Å²) in [6.07, 6.45) is 1.57. The molecule has 1 aliphatic rings. The van der Waals surface area contributed by atoms with E-state index in [0.29, 0.717) is 16.3 Å². The molecule has 1 saturated heterocycles. The minimum absolute atomic E-state index is 0.206. The van der Waals surface area contributed by atoms with Gasteiger partial charge in [-0.15, -0.1) is 0 Å². The molecule has 0 unspecified atom stereocenters. The van der Waals surface area contributed by atoms with E-state index in [-0.39, 0.29) is 5.70 Å². The van der Waals surface area contributed by atoms with Crippen LogP contribution >= 0.6 is 11.6 Å². The molecule has 1 N–H and O–H groups in total. The van der Waals surface area contributed by atoms with Gasteiger partial charge >= 0.3 is 6.03 Å². The van der Waals surface area contributed by atoms with Gasteiger partial charge in [0.05, 0.1) is 5.69 Å². The molecule has 0 atom stereocenters. The van der Waals surface area contributed by atoms with Crippen molar-refractivity contribution < 1.29 is 9.59 Å². The van der Waals surface area contributed by atoms with Crippen LogP contribution in [0.15, 0.2) is 60.3 Å². The Morgan fingerprint density at radius 2 is 1.62 bits per heavy atom. The van der Waals surface area contributed by atoms with Crippen molar-refractivity contribution in [1.82, 2.24) is 5.32 Å². The van der Waals surface area contributed by atoms with E-state index in [0.717, 1.165) is 4.90 Å². The van der Waals surface area contributed by atoms with Gasteiger partial charge in [-0.25, -0.2) is 9.69 Å². The molecule has 3 amide bonds. The van der Waals surface area contributed by atoms with Crippen LogP contribution in [0.1, 0.15) is 5.56 Å². The highest BCUT2D eigenvalue weighted by atomic mass is 35.5. The van der Waals surface area contributed by atoms with Gasteiger partial charge in [-0.2, -0.15) is 0 Å². The third-order valence-electron chi connectivity index (χ3n) is 3.10. The van der Waals surface area contributed by atoms with E-state index in [2.05, 4.69) is 5.32 Å². The fourth-order valence-corrected chi connectivity index (χ4v) is 2.28. The zero-order valence-electron chi connectivity index (χ0n) is 10.9. The van der Waals surface area contributed by atoms with E-state index in [1.54, 1.807) is 48.5 Å². The van der Waals surface area contributed by atoms with Crippen molar-refractivity contribution >= 4 is 35.3 Å². The molecule has 2 aromatic rings. The van der Waals surface area contributed by atoms with Gasteiger partial charge in [0, 0.05) is 5.02 Å². The monoisotopic (exact) mass is 298 g/mol. The number of amides is 3. The molecular weight excluding hydrogens is 288 g/mol. The number of nitrogens with zero attached hydrogens (tertiary/aromatic N) is 1. The normalized spacial score (nSPS) is 16.4. The number of hydrogen-bond donors (Lipinski definition) is 1. The summed E-state index contributed by atoms with van der Waals surface area (Å²) in [7, 11) is 0. The number of halogens is 1. The molecule has 4 nitrogen and oxygen atoms in total. The molecule has 0 aromatic heterocycles. The molecular formula is C16H11ClN2O2. The predicted molar refractivity (Wildman–Crippen MR) is 81.9 cm³/mol. The van der Waals surface area contributed by atoms with E-state index in [1.165, 1.54) is 0 Å². The number of carbonyl (C=O) groups excluding carboxylic acids is 2. The van der Waals surface area contributed by atoms with E-state index >= 15 is 0 Å². The molecule has 5 heteroatoms. The lowest BCUT2D eigenvalue weighted by molar-refractivity contribution is -0.113. The Balaban J connectivity index is 1.96. The number of para-hydroxylation sites is 1. The average molecular weight is 299 g/mol. The molecule has 1 heterocycles. The summed E-state index contributed by atoms with van der Waals surface area (Å²) in [6.45, 7) is 0. The summed E-state index contributed by atoms with van der Waals surface area (Å²) in [6, 6.07) is 15.4. The number of nitrogens with one attached hydrogen (secondary N) is 1. The fourth-order valence-electron chi connectivity index (χ4n) is 2.09. The van der Waals surface area contributed by atoms with Crippen LogP contribution in [0, 0.1) is 0 Å². The Morgan fingerprint density at radius 1 is 0.952 bits per heavy atom. The summed E-state index contributed by atoms with van der Waals surface area (Å²) in [4.78, 5) is 25.5. The number of rotatable bonds is 2. The number of carbonyl (C=O) groups is 2. The van der Waals surface area contributed by atoms with Gasteiger partial charge in [-0.1, -0.05) is 48.0 Å². The number of hydrogen-bond acceptors (Lipinski definition) is 2. The van der Waals surface area contributed by atoms with Crippen LogP contribution in [0.25, 0.3) is 6.08 Å². The van der Waals surface area contributed by atoms with E-state index < -0.39 is 11.9 Å². The molecule has 0 saturated carbocycles. The van der Waals surface area contributed by atoms with Gasteiger partial charge in [0.25, 0.3) is 5.91 Å². The van der Waals surface area contributed by atoms with Crippen molar-refractivity contribution in [2.75, 3.05) is 4.90 Å². The Morgan fingerprint density at radius 3 is 2.33 bits per heavy atom. The quantitative estimate of drug-likeness (QED) is 0.682. The smallest absolute Gasteiger partial charge is 0.302 e. The first kappa shape index (κ1) is 13.4. The maximum atomic E-state index is 12.4. The Hall–Kier alpha value is -2.59. The van der Waals surface area contributed by atoms with Crippen molar-refractivity contribution in [3.05, 3.63) is 70.9 Å². The van der Waals surface area contributed by atoms with Gasteiger partial charge in [-0.3, -0.25) is 4.79 Å². The standard InChI is InChI=1S/C16H11ClN2O2/c17-13-9-5-4-6-11(13)10-14-15(20)19(16(21)18-14)12-7-2-1-3-8-12/h1-10H,(H,18,21)/b14-10-. The summed E-state index contributed by atoms with van der Waals surface area (Å²) in [5, 5.41) is 3.09. The van der Waals surface area contributed by atoms with Crippen molar-refractivity contribution in [3.63, 3.8) is 0 Å². The van der Waals surface area contributed by atoms with Gasteiger partial charge < -0.3 is 5.32 Å². The van der Waals surface area contributed by atoms with Crippen LogP contribution in [0.2, 0.25) is 5.02 Å². The van der Waals surface area contributed by atoms with Gasteiger partial charge in [0.15, 0.2) is 0 Å². The highest BCUT2D eigenvalue weighted by molar-refractivity contribution is 6.33. The number of benzene rings is 2. The second-order valence-electron chi connectivity index (χ2n) is 4.49. The van der Waals surface area contributed by atoms with E-state index in [1.807, 2.05) is 12.1 Å². The minimum Gasteiger partial charge on any atom is -0.302 e. The van der Waals surface area contributed by atoms with Crippen molar-refractivity contribution in [2.24, 2.45) is 0 Å². The maximum Gasteiger partial charge on any atom is 0.333 e. The first-order chi connectivity index (χ1) is 10.2. The molecule has 104 valence electrons. The van der Waals surface area contributed by atoms with Gasteiger partial charge in [-0.05, 0) is 29.8 Å². The molecule has 1 fully saturated rings. The van der Waals surface area contributed by atoms with Crippen LogP contribution in [-0.2, 0) is 4.79 Å². The summed E-state index contributed by atoms with van der Waals surface area (Å²) in [5.41, 5.74) is 1.41. The molecule has 3 rings (SSSR count). The Bertz CT molecular complexity index is 741. The SMILES string of the molecule is O=C1N/C(=C\c2ccccc2Cl)C(=O)N1c1ccccc1. The zero-order chi connectivity index (χ0) is 14.8. The summed E-state index contributed by atoms with van der Waals surface area (Å²) >= 11 is 6.06. The second kappa shape index (κ2) is 5.42. The predicted octanol–water partition coefficient (Wildman–Crippen LogP) is 3.44. The Kier molecular flexibility index (Phi) is 3.46. The number of urea groups is 1. The second-order valence-corrected chi connectivity index (χ2v) is 4.89. The van der Waals surface area contributed by atoms with Crippen LogP contribution < -0.4 is 10.2 Å². The lowest BCUT2D eigenvalue weighted by atomic mass is 10.2. The van der Waals surface area contributed by atoms with Crippen molar-refractivity contribution in [1.29, 1.82) is 0 Å². The molecule has 21 heavy (non-hydrogen) atoms. The van der Waals surface area contributed by atoms with E-state index in [4.69, 9.17) is 11.6 Å². The summed E-state index contributed by atoms with van der Waals surface area (Å²) < 4.78 is 0. The molecule has 0 radical (unpaired) electrons. The van der Waals surface area contributed by atoms with Gasteiger partial charge in [0.1, 0.15) is 5.70 Å². The largest absolute Gasteiger partial charge is 0.333 e. The number of imide groups is 1. The number of anilines is 1. The first-order valence-corrected chi connectivity index (χ1v) is 6.71.